The van der Waals surface area contributed by atoms with Gasteiger partial charge >= 0.3 is 0 Å². The number of aryl methyl sites for hydroxylation is 2. The maximum absolute atomic E-state index is 14.1. The minimum absolute atomic E-state index is 0.171. The molecule has 0 aromatic heterocycles. The van der Waals surface area contributed by atoms with E-state index in [2.05, 4.69) is 5.32 Å². The molecule has 0 fully saturated rings. The average molecular weight is 564 g/mol. The van der Waals surface area contributed by atoms with Gasteiger partial charge in [0.1, 0.15) is 12.6 Å². The first-order valence-electron chi connectivity index (χ1n) is 13.7. The van der Waals surface area contributed by atoms with Crippen molar-refractivity contribution in [2.24, 2.45) is 5.92 Å². The molecule has 0 heterocycles. The van der Waals surface area contributed by atoms with Crippen LogP contribution in [0.4, 0.5) is 5.69 Å². The molecule has 7 nitrogen and oxygen atoms in total. The van der Waals surface area contributed by atoms with Crippen LogP contribution in [-0.2, 0) is 39.0 Å². The maximum Gasteiger partial charge on any atom is 0.244 e. The van der Waals surface area contributed by atoms with Gasteiger partial charge in [-0.2, -0.15) is 0 Å². The highest BCUT2D eigenvalue weighted by atomic mass is 32.2. The van der Waals surface area contributed by atoms with Crippen molar-refractivity contribution in [2.75, 3.05) is 23.7 Å². The highest BCUT2D eigenvalue weighted by molar-refractivity contribution is 7.92. The predicted octanol–water partition coefficient (Wildman–Crippen LogP) is 4.74. The Hall–Kier alpha value is -3.65. The first-order chi connectivity index (χ1) is 19.0. The Labute approximate surface area is 239 Å². The highest BCUT2D eigenvalue weighted by Crippen LogP contribution is 2.22. The molecule has 1 N–H and O–H groups in total. The van der Waals surface area contributed by atoms with E-state index >= 15 is 0 Å². The van der Waals surface area contributed by atoms with E-state index < -0.39 is 28.5 Å². The van der Waals surface area contributed by atoms with Crippen LogP contribution in [0.25, 0.3) is 0 Å². The number of hydrogen-bond donors (Lipinski definition) is 1. The largest absolute Gasteiger partial charge is 0.354 e. The molecule has 3 aromatic carbocycles. The number of nitrogens with zero attached hydrogens (tertiary/aromatic N) is 2. The van der Waals surface area contributed by atoms with Crippen molar-refractivity contribution < 1.29 is 18.0 Å². The van der Waals surface area contributed by atoms with Gasteiger partial charge in [-0.05, 0) is 53.6 Å². The van der Waals surface area contributed by atoms with Crippen LogP contribution >= 0.6 is 0 Å². The zero-order chi connectivity index (χ0) is 29.3. The van der Waals surface area contributed by atoms with Crippen LogP contribution < -0.4 is 9.62 Å². The molecule has 40 heavy (non-hydrogen) atoms. The van der Waals surface area contributed by atoms with E-state index in [1.807, 2.05) is 94.4 Å². The molecule has 0 bridgehead atoms. The molecule has 0 aliphatic carbocycles. The predicted molar refractivity (Wildman–Crippen MR) is 162 cm³/mol. The molecule has 1 atom stereocenters. The van der Waals surface area contributed by atoms with Crippen molar-refractivity contribution in [2.45, 2.75) is 53.1 Å². The summed E-state index contributed by atoms with van der Waals surface area (Å²) in [5, 5.41) is 3.00. The van der Waals surface area contributed by atoms with Crippen molar-refractivity contribution in [1.82, 2.24) is 10.2 Å². The van der Waals surface area contributed by atoms with Crippen molar-refractivity contribution in [3.63, 3.8) is 0 Å². The molecule has 214 valence electrons. The molecular formula is C32H41N3O4S. The monoisotopic (exact) mass is 563 g/mol. The van der Waals surface area contributed by atoms with Crippen LogP contribution in [0.2, 0.25) is 0 Å². The van der Waals surface area contributed by atoms with E-state index in [0.29, 0.717) is 18.7 Å². The number of carbonyl (C=O) groups excluding carboxylic acids is 2. The number of nitrogens with one attached hydrogen (secondary N) is 1. The Balaban J connectivity index is 2.04. The maximum atomic E-state index is 14.1. The van der Waals surface area contributed by atoms with Crippen LogP contribution in [0.3, 0.4) is 0 Å². The molecule has 0 saturated heterocycles. The third-order valence-corrected chi connectivity index (χ3v) is 8.01. The second-order valence-electron chi connectivity index (χ2n) is 10.6. The molecule has 0 unspecified atom stereocenters. The second-order valence-corrected chi connectivity index (χ2v) is 12.5. The number of hydrogen-bond acceptors (Lipinski definition) is 4. The number of amides is 2. The van der Waals surface area contributed by atoms with Crippen LogP contribution in [0, 0.1) is 12.8 Å². The van der Waals surface area contributed by atoms with Gasteiger partial charge in [0, 0.05) is 19.5 Å². The minimum Gasteiger partial charge on any atom is -0.354 e. The average Bonchev–Trinajstić information content (AvgIpc) is 2.93. The number of sulfonamides is 1. The molecule has 2 amide bonds. The van der Waals surface area contributed by atoms with Gasteiger partial charge in [-0.15, -0.1) is 0 Å². The van der Waals surface area contributed by atoms with Crippen molar-refractivity contribution in [3.8, 4) is 0 Å². The lowest BCUT2D eigenvalue weighted by molar-refractivity contribution is -0.140. The fourth-order valence-electron chi connectivity index (χ4n) is 4.46. The van der Waals surface area contributed by atoms with E-state index in [0.717, 1.165) is 39.2 Å². The molecule has 0 spiro atoms. The lowest BCUT2D eigenvalue weighted by atomic mass is 10.0. The summed E-state index contributed by atoms with van der Waals surface area (Å²) < 4.78 is 26.9. The van der Waals surface area contributed by atoms with Crippen LogP contribution in [-0.4, -0.2) is 50.5 Å². The van der Waals surface area contributed by atoms with Crippen molar-refractivity contribution >= 4 is 27.5 Å². The number of benzene rings is 3. The van der Waals surface area contributed by atoms with E-state index in [1.165, 1.54) is 4.90 Å². The van der Waals surface area contributed by atoms with Crippen LogP contribution in [0.1, 0.15) is 43.0 Å². The molecule has 3 rings (SSSR count). The Morgan fingerprint density at radius 1 is 0.875 bits per heavy atom. The van der Waals surface area contributed by atoms with Gasteiger partial charge in [-0.1, -0.05) is 87.5 Å². The summed E-state index contributed by atoms with van der Waals surface area (Å²) in [5.41, 5.74) is 4.26. The quantitative estimate of drug-likeness (QED) is 0.326. The second kappa shape index (κ2) is 14.1. The normalized spacial score (nSPS) is 12.2. The minimum atomic E-state index is -3.79. The summed E-state index contributed by atoms with van der Waals surface area (Å²) in [6.07, 6.45) is 2.21. The molecule has 0 aliphatic rings. The van der Waals surface area contributed by atoms with E-state index in [9.17, 15) is 18.0 Å². The topological polar surface area (TPSA) is 86.8 Å². The molecule has 0 aliphatic heterocycles. The van der Waals surface area contributed by atoms with Gasteiger partial charge in [0.2, 0.25) is 21.8 Å². The summed E-state index contributed by atoms with van der Waals surface area (Å²) in [6, 6.07) is 23.6. The van der Waals surface area contributed by atoms with Crippen LogP contribution in [0.15, 0.2) is 78.9 Å². The van der Waals surface area contributed by atoms with E-state index in [1.54, 1.807) is 12.1 Å². The third kappa shape index (κ3) is 8.68. The molecular weight excluding hydrogens is 522 g/mol. The Bertz CT molecular complexity index is 1370. The number of rotatable bonds is 13. The standard InChI is InChI=1S/C32H41N3O4S/c1-6-26-16-18-29(19-17-26)35(40(5,38)39)23-31(36)34(22-28-15-11-10-12-25(28)4)30(32(37)33-21-24(2)3)20-27-13-8-7-9-14-27/h7-19,24,30H,6,20-23H2,1-5H3,(H,33,37)/t30-/m0/s1. The van der Waals surface area contributed by atoms with Gasteiger partial charge in [-0.3, -0.25) is 13.9 Å². The summed E-state index contributed by atoms with van der Waals surface area (Å²) in [6.45, 7) is 8.22. The smallest absolute Gasteiger partial charge is 0.244 e. The molecule has 0 saturated carbocycles. The van der Waals surface area contributed by atoms with E-state index in [-0.39, 0.29) is 18.4 Å². The summed E-state index contributed by atoms with van der Waals surface area (Å²) >= 11 is 0. The van der Waals surface area contributed by atoms with Crippen molar-refractivity contribution in [1.29, 1.82) is 0 Å². The molecule has 8 heteroatoms. The summed E-state index contributed by atoms with van der Waals surface area (Å²) in [7, 11) is -3.79. The summed E-state index contributed by atoms with van der Waals surface area (Å²) in [5.74, 6) is -0.486. The zero-order valence-corrected chi connectivity index (χ0v) is 24.9. The lowest BCUT2D eigenvalue weighted by Gasteiger charge is -2.34. The third-order valence-electron chi connectivity index (χ3n) is 6.87. The Morgan fingerprint density at radius 3 is 2.08 bits per heavy atom. The summed E-state index contributed by atoms with van der Waals surface area (Å²) in [4.78, 5) is 29.3. The Kier molecular flexibility index (Phi) is 10.9. The Morgan fingerprint density at radius 2 is 1.50 bits per heavy atom. The van der Waals surface area contributed by atoms with Gasteiger partial charge in [0.15, 0.2) is 0 Å². The van der Waals surface area contributed by atoms with Gasteiger partial charge in [0.05, 0.1) is 11.9 Å². The van der Waals surface area contributed by atoms with Gasteiger partial charge in [0.25, 0.3) is 0 Å². The first kappa shape index (κ1) is 30.9. The number of carbonyl (C=O) groups is 2. The zero-order valence-electron chi connectivity index (χ0n) is 24.1. The van der Waals surface area contributed by atoms with E-state index in [4.69, 9.17) is 0 Å². The fourth-order valence-corrected chi connectivity index (χ4v) is 5.31. The highest BCUT2D eigenvalue weighted by Gasteiger charge is 2.33. The molecule has 3 aromatic rings. The van der Waals surface area contributed by atoms with Crippen molar-refractivity contribution in [3.05, 3.63) is 101 Å². The SMILES string of the molecule is CCc1ccc(N(CC(=O)N(Cc2ccccc2C)[C@@H](Cc2ccccc2)C(=O)NCC(C)C)S(C)(=O)=O)cc1. The fraction of sp³-hybridized carbons (Fsp3) is 0.375. The molecule has 0 radical (unpaired) electrons. The first-order valence-corrected chi connectivity index (χ1v) is 15.6. The number of anilines is 1. The van der Waals surface area contributed by atoms with Gasteiger partial charge in [-0.25, -0.2) is 8.42 Å². The lowest BCUT2D eigenvalue weighted by Crippen LogP contribution is -2.53. The van der Waals surface area contributed by atoms with Gasteiger partial charge < -0.3 is 10.2 Å². The van der Waals surface area contributed by atoms with Crippen LogP contribution in [0.5, 0.6) is 0 Å².